The van der Waals surface area contributed by atoms with Crippen molar-refractivity contribution in [2.45, 2.75) is 38.6 Å². The highest BCUT2D eigenvalue weighted by molar-refractivity contribution is 5.94. The molecular formula is C24H30N6O2. The van der Waals surface area contributed by atoms with Crippen molar-refractivity contribution in [3.8, 4) is 11.3 Å². The topological polar surface area (TPSA) is 87.4 Å². The van der Waals surface area contributed by atoms with E-state index in [0.29, 0.717) is 17.8 Å². The summed E-state index contributed by atoms with van der Waals surface area (Å²) in [7, 11) is 2.19. The van der Waals surface area contributed by atoms with Crippen LogP contribution in [0.15, 0.2) is 35.2 Å². The highest BCUT2D eigenvalue weighted by Crippen LogP contribution is 2.29. The second-order valence-electron chi connectivity index (χ2n) is 9.07. The van der Waals surface area contributed by atoms with E-state index in [1.54, 1.807) is 18.7 Å². The third kappa shape index (κ3) is 4.52. The quantitative estimate of drug-likeness (QED) is 0.674. The maximum Gasteiger partial charge on any atom is 0.228 e. The number of amides is 1. The average Bonchev–Trinajstić information content (AvgIpc) is 3.25. The number of hydrogen-bond acceptors (Lipinski definition) is 7. The minimum atomic E-state index is 0.0544. The normalized spacial score (nSPS) is 22.8. The molecule has 1 saturated carbocycles. The number of fused-ring (bicyclic) bond motifs is 1. The van der Waals surface area contributed by atoms with E-state index in [9.17, 15) is 4.79 Å². The molecule has 1 N–H and O–H groups in total. The Labute approximate surface area is 188 Å². The summed E-state index contributed by atoms with van der Waals surface area (Å²) in [5, 5.41) is 3.94. The van der Waals surface area contributed by atoms with Gasteiger partial charge in [-0.25, -0.2) is 9.97 Å². The van der Waals surface area contributed by atoms with E-state index in [0.717, 1.165) is 74.0 Å². The molecule has 0 unspecified atom stereocenters. The number of likely N-dealkylation sites (N-methyl/N-ethyl adjacent to an activating group) is 1. The predicted molar refractivity (Wildman–Crippen MR) is 123 cm³/mol. The first-order valence-corrected chi connectivity index (χ1v) is 11.5. The Hall–Kier alpha value is -2.84. The van der Waals surface area contributed by atoms with Crippen LogP contribution in [-0.4, -0.2) is 69.9 Å². The molecule has 4 heterocycles. The highest BCUT2D eigenvalue weighted by atomic mass is 16.3. The van der Waals surface area contributed by atoms with E-state index in [4.69, 9.17) is 4.42 Å². The number of aromatic nitrogens is 3. The van der Waals surface area contributed by atoms with Crippen LogP contribution in [0.25, 0.3) is 22.2 Å². The Balaban J connectivity index is 1.22. The Morgan fingerprint density at radius 2 is 1.84 bits per heavy atom. The summed E-state index contributed by atoms with van der Waals surface area (Å²) in [5.74, 6) is 1.31. The number of rotatable bonds is 4. The fourth-order valence-corrected chi connectivity index (χ4v) is 4.85. The van der Waals surface area contributed by atoms with Gasteiger partial charge in [0.1, 0.15) is 17.8 Å². The number of piperazine rings is 1. The fourth-order valence-electron chi connectivity index (χ4n) is 4.85. The predicted octanol–water partition coefficient (Wildman–Crippen LogP) is 3.34. The molecule has 8 heteroatoms. The summed E-state index contributed by atoms with van der Waals surface area (Å²) in [4.78, 5) is 31.1. The molecule has 3 aromatic heterocycles. The van der Waals surface area contributed by atoms with Gasteiger partial charge < -0.3 is 14.6 Å². The van der Waals surface area contributed by atoms with Crippen LogP contribution in [0.2, 0.25) is 0 Å². The van der Waals surface area contributed by atoms with Crippen molar-refractivity contribution < 1.29 is 9.21 Å². The number of carbonyl (C=O) groups is 1. The van der Waals surface area contributed by atoms with Gasteiger partial charge in [0.05, 0.1) is 11.7 Å². The zero-order chi connectivity index (χ0) is 22.1. The van der Waals surface area contributed by atoms with Crippen LogP contribution in [0.1, 0.15) is 31.6 Å². The summed E-state index contributed by atoms with van der Waals surface area (Å²) in [6, 6.07) is 4.50. The Morgan fingerprint density at radius 3 is 2.56 bits per heavy atom. The number of pyridine rings is 2. The molecule has 5 rings (SSSR count). The minimum absolute atomic E-state index is 0.0544. The Kier molecular flexibility index (Phi) is 5.89. The molecule has 1 aliphatic carbocycles. The molecule has 0 atom stereocenters. The van der Waals surface area contributed by atoms with Crippen LogP contribution in [0.4, 0.5) is 5.82 Å². The number of aryl methyl sites for hydroxylation is 1. The number of anilines is 1. The Bertz CT molecular complexity index is 1100. The molecule has 2 fully saturated rings. The summed E-state index contributed by atoms with van der Waals surface area (Å²) < 4.78 is 5.31. The molecule has 1 saturated heterocycles. The molecule has 0 aromatic carbocycles. The molecule has 0 bridgehead atoms. The number of hydrogen-bond donors (Lipinski definition) is 1. The summed E-state index contributed by atoms with van der Waals surface area (Å²) in [6.07, 6.45) is 9.15. The van der Waals surface area contributed by atoms with Crippen molar-refractivity contribution >= 4 is 22.6 Å². The van der Waals surface area contributed by atoms with Crippen LogP contribution in [-0.2, 0) is 4.79 Å². The van der Waals surface area contributed by atoms with Gasteiger partial charge in [0, 0.05) is 62.2 Å². The van der Waals surface area contributed by atoms with Crippen LogP contribution < -0.4 is 5.32 Å². The third-order valence-corrected chi connectivity index (χ3v) is 6.86. The van der Waals surface area contributed by atoms with Gasteiger partial charge in [0.25, 0.3) is 0 Å². The second kappa shape index (κ2) is 8.96. The van der Waals surface area contributed by atoms with Gasteiger partial charge in [-0.1, -0.05) is 0 Å². The smallest absolute Gasteiger partial charge is 0.228 e. The summed E-state index contributed by atoms with van der Waals surface area (Å²) in [5.41, 5.74) is 2.40. The first-order valence-electron chi connectivity index (χ1n) is 11.5. The summed E-state index contributed by atoms with van der Waals surface area (Å²) in [6.45, 7) is 6.38. The number of oxazole rings is 1. The largest absolute Gasteiger partial charge is 0.449 e. The van der Waals surface area contributed by atoms with Crippen LogP contribution in [0.3, 0.4) is 0 Å². The fraction of sp³-hybridized carbons (Fsp3) is 0.500. The lowest BCUT2D eigenvalue weighted by atomic mass is 9.84. The van der Waals surface area contributed by atoms with E-state index in [1.165, 1.54) is 0 Å². The van der Waals surface area contributed by atoms with Crippen molar-refractivity contribution in [2.75, 3.05) is 38.5 Å². The zero-order valence-electron chi connectivity index (χ0n) is 18.8. The van der Waals surface area contributed by atoms with Gasteiger partial charge in [-0.15, -0.1) is 0 Å². The Morgan fingerprint density at radius 1 is 1.06 bits per heavy atom. The van der Waals surface area contributed by atoms with Crippen LogP contribution in [0.5, 0.6) is 0 Å². The van der Waals surface area contributed by atoms with Gasteiger partial charge in [-0.05, 0) is 44.9 Å². The first kappa shape index (κ1) is 21.0. The maximum atomic E-state index is 12.9. The molecule has 1 amide bonds. The maximum absolute atomic E-state index is 12.9. The van der Waals surface area contributed by atoms with E-state index in [2.05, 4.69) is 37.1 Å². The van der Waals surface area contributed by atoms with E-state index < -0.39 is 0 Å². The highest BCUT2D eigenvalue weighted by Gasteiger charge is 2.30. The summed E-state index contributed by atoms with van der Waals surface area (Å²) >= 11 is 0. The average molecular weight is 435 g/mol. The van der Waals surface area contributed by atoms with Gasteiger partial charge in [0.15, 0.2) is 5.89 Å². The standard InChI is InChI=1S/C24H30N6O2/c1-16-27-22(15-32-16)19-11-18-12-23(26-14-21(18)25-13-19)28-24(31)17-3-5-20(6-4-17)30-9-7-29(2)8-10-30/h11-15,17,20H,3-10H2,1-2H3,(H,26,28,31). The minimum Gasteiger partial charge on any atom is -0.449 e. The molecule has 2 aliphatic rings. The van der Waals surface area contributed by atoms with Crippen molar-refractivity contribution in [2.24, 2.45) is 5.92 Å². The second-order valence-corrected chi connectivity index (χ2v) is 9.07. The van der Waals surface area contributed by atoms with E-state index in [1.807, 2.05) is 19.1 Å². The molecular weight excluding hydrogens is 404 g/mol. The van der Waals surface area contributed by atoms with E-state index >= 15 is 0 Å². The lowest BCUT2D eigenvalue weighted by Crippen LogP contribution is -2.50. The van der Waals surface area contributed by atoms with Gasteiger partial charge >= 0.3 is 0 Å². The molecule has 8 nitrogen and oxygen atoms in total. The van der Waals surface area contributed by atoms with Crippen molar-refractivity contribution in [3.05, 3.63) is 36.7 Å². The molecule has 0 spiro atoms. The van der Waals surface area contributed by atoms with Gasteiger partial charge in [0.2, 0.25) is 5.91 Å². The van der Waals surface area contributed by atoms with Crippen molar-refractivity contribution in [1.82, 2.24) is 24.8 Å². The molecule has 3 aromatic rings. The zero-order valence-corrected chi connectivity index (χ0v) is 18.8. The number of carbonyl (C=O) groups excluding carboxylic acids is 1. The SMILES string of the molecule is Cc1nc(-c2cnc3cnc(NC(=O)C4CCC(N5CCN(C)CC5)CC4)cc3c2)co1. The lowest BCUT2D eigenvalue weighted by Gasteiger charge is -2.40. The number of nitrogens with zero attached hydrogens (tertiary/aromatic N) is 5. The van der Waals surface area contributed by atoms with Crippen LogP contribution >= 0.6 is 0 Å². The lowest BCUT2D eigenvalue weighted by molar-refractivity contribution is -0.121. The monoisotopic (exact) mass is 434 g/mol. The van der Waals surface area contributed by atoms with Gasteiger partial charge in [-0.3, -0.25) is 14.7 Å². The molecule has 0 radical (unpaired) electrons. The third-order valence-electron chi connectivity index (χ3n) is 6.86. The number of nitrogens with one attached hydrogen (secondary N) is 1. The molecule has 32 heavy (non-hydrogen) atoms. The first-order chi connectivity index (χ1) is 15.5. The van der Waals surface area contributed by atoms with E-state index in [-0.39, 0.29) is 11.8 Å². The molecule has 168 valence electrons. The molecule has 1 aliphatic heterocycles. The van der Waals surface area contributed by atoms with Crippen LogP contribution in [0, 0.1) is 12.8 Å². The van der Waals surface area contributed by atoms with Crippen molar-refractivity contribution in [1.29, 1.82) is 0 Å². The van der Waals surface area contributed by atoms with Gasteiger partial charge in [-0.2, -0.15) is 0 Å². The van der Waals surface area contributed by atoms with Crippen molar-refractivity contribution in [3.63, 3.8) is 0 Å².